The van der Waals surface area contributed by atoms with Gasteiger partial charge in [0.25, 0.3) is 0 Å². The minimum atomic E-state index is -0.640. The second kappa shape index (κ2) is 6.93. The Kier molecular flexibility index (Phi) is 5.84. The molecule has 0 aromatic rings. The monoisotopic (exact) mass is 264 g/mol. The maximum atomic E-state index is 11.7. The van der Waals surface area contributed by atoms with Gasteiger partial charge in [0.2, 0.25) is 0 Å². The van der Waals surface area contributed by atoms with Gasteiger partial charge in [0.15, 0.2) is 0 Å². The number of aliphatic carboxylic acids is 1. The van der Waals surface area contributed by atoms with Crippen LogP contribution in [-0.2, 0) is 4.79 Å². The van der Waals surface area contributed by atoms with Crippen molar-refractivity contribution in [1.29, 1.82) is 0 Å². The normalized spacial score (nSPS) is 25.7. The van der Waals surface area contributed by atoms with Crippen LogP contribution in [0.1, 0.15) is 59.8 Å². The smallest absolute Gasteiger partial charge is 0.307 e. The Hall–Kier alpha value is -1.05. The number of hydrogen-bond donors (Lipinski definition) is 1. The van der Waals surface area contributed by atoms with Gasteiger partial charge >= 0.3 is 5.97 Å². The predicted octanol–water partition coefficient (Wildman–Crippen LogP) is 4.82. The lowest BCUT2D eigenvalue weighted by Crippen LogP contribution is -2.37. The molecule has 2 nitrogen and oxygen atoms in total. The zero-order chi connectivity index (χ0) is 14.5. The first-order valence-corrected chi connectivity index (χ1v) is 7.40. The third-order valence-corrected chi connectivity index (χ3v) is 4.30. The van der Waals surface area contributed by atoms with E-state index in [0.717, 1.165) is 32.1 Å². The van der Waals surface area contributed by atoms with E-state index in [1.54, 1.807) is 0 Å². The van der Waals surface area contributed by atoms with E-state index < -0.39 is 5.97 Å². The molecule has 1 N–H and O–H groups in total. The summed E-state index contributed by atoms with van der Waals surface area (Å²) in [5.74, 6) is -0.700. The Morgan fingerprint density at radius 1 is 1.47 bits per heavy atom. The van der Waals surface area contributed by atoms with Crippen LogP contribution in [0.25, 0.3) is 0 Å². The van der Waals surface area contributed by atoms with Crippen molar-refractivity contribution < 1.29 is 9.90 Å². The number of carboxylic acid groups (broad SMARTS) is 1. The Morgan fingerprint density at radius 2 is 2.16 bits per heavy atom. The number of allylic oxidation sites excluding steroid dienone is 4. The van der Waals surface area contributed by atoms with E-state index in [1.807, 2.05) is 0 Å². The second-order valence-corrected chi connectivity index (χ2v) is 6.45. The van der Waals surface area contributed by atoms with Crippen molar-refractivity contribution in [1.82, 2.24) is 0 Å². The third-order valence-electron chi connectivity index (χ3n) is 4.30. The standard InChI is InChI=1S/C17H28O2/c1-13(2)9-8-10-14(3)15(16(18)19)17(4)11-6-5-7-12-17/h6,9,11,14-15H,5,7-8,10,12H2,1-4H3,(H,18,19)/t14-,15+,17-/m1/s1. The summed E-state index contributed by atoms with van der Waals surface area (Å²) in [6, 6.07) is 0. The van der Waals surface area contributed by atoms with E-state index in [1.165, 1.54) is 5.57 Å². The molecule has 0 saturated carbocycles. The van der Waals surface area contributed by atoms with E-state index in [0.29, 0.717) is 0 Å². The van der Waals surface area contributed by atoms with Gasteiger partial charge in [-0.15, -0.1) is 0 Å². The minimum Gasteiger partial charge on any atom is -0.481 e. The molecule has 0 aliphatic heterocycles. The fraction of sp³-hybridized carbons (Fsp3) is 0.706. The zero-order valence-corrected chi connectivity index (χ0v) is 12.8. The molecule has 1 rings (SSSR count). The lowest BCUT2D eigenvalue weighted by molar-refractivity contribution is -0.148. The molecular weight excluding hydrogens is 236 g/mol. The van der Waals surface area contributed by atoms with Crippen LogP contribution in [0.15, 0.2) is 23.8 Å². The van der Waals surface area contributed by atoms with Gasteiger partial charge in [0, 0.05) is 0 Å². The topological polar surface area (TPSA) is 37.3 Å². The molecule has 0 unspecified atom stereocenters. The summed E-state index contributed by atoms with van der Waals surface area (Å²) in [6.45, 7) is 8.37. The summed E-state index contributed by atoms with van der Waals surface area (Å²) in [5, 5.41) is 9.62. The van der Waals surface area contributed by atoms with E-state index in [-0.39, 0.29) is 17.3 Å². The zero-order valence-electron chi connectivity index (χ0n) is 12.8. The maximum Gasteiger partial charge on any atom is 0.307 e. The molecule has 19 heavy (non-hydrogen) atoms. The first-order valence-electron chi connectivity index (χ1n) is 7.40. The van der Waals surface area contributed by atoms with Crippen molar-refractivity contribution in [2.75, 3.05) is 0 Å². The lowest BCUT2D eigenvalue weighted by atomic mass is 9.65. The highest BCUT2D eigenvalue weighted by atomic mass is 16.4. The van der Waals surface area contributed by atoms with Crippen LogP contribution in [0.5, 0.6) is 0 Å². The molecule has 0 fully saturated rings. The molecule has 0 heterocycles. The average molecular weight is 264 g/mol. The van der Waals surface area contributed by atoms with Gasteiger partial charge in [-0.25, -0.2) is 0 Å². The molecule has 0 aromatic heterocycles. The third kappa shape index (κ3) is 4.52. The van der Waals surface area contributed by atoms with Crippen LogP contribution in [0.3, 0.4) is 0 Å². The Bertz CT molecular complexity index is 363. The lowest BCUT2D eigenvalue weighted by Gasteiger charge is -2.38. The first kappa shape index (κ1) is 16.0. The van der Waals surface area contributed by atoms with Gasteiger partial charge in [0.05, 0.1) is 5.92 Å². The molecule has 0 radical (unpaired) electrons. The van der Waals surface area contributed by atoms with E-state index in [9.17, 15) is 9.90 Å². The maximum absolute atomic E-state index is 11.7. The quantitative estimate of drug-likeness (QED) is 0.699. The van der Waals surface area contributed by atoms with E-state index >= 15 is 0 Å². The Balaban J connectivity index is 2.76. The molecule has 0 spiro atoms. The van der Waals surface area contributed by atoms with Gasteiger partial charge in [0.1, 0.15) is 0 Å². The summed E-state index contributed by atoms with van der Waals surface area (Å²) < 4.78 is 0. The molecule has 3 atom stereocenters. The highest BCUT2D eigenvalue weighted by Crippen LogP contribution is 2.43. The van der Waals surface area contributed by atoms with Crippen LogP contribution < -0.4 is 0 Å². The van der Waals surface area contributed by atoms with Crippen LogP contribution in [0.2, 0.25) is 0 Å². The van der Waals surface area contributed by atoms with Crippen LogP contribution in [0.4, 0.5) is 0 Å². The molecular formula is C17H28O2. The molecule has 1 aliphatic rings. The van der Waals surface area contributed by atoms with Crippen molar-refractivity contribution in [2.45, 2.75) is 59.8 Å². The van der Waals surface area contributed by atoms with Crippen molar-refractivity contribution in [3.8, 4) is 0 Å². The van der Waals surface area contributed by atoms with E-state index in [2.05, 4.69) is 45.9 Å². The van der Waals surface area contributed by atoms with Crippen LogP contribution in [-0.4, -0.2) is 11.1 Å². The van der Waals surface area contributed by atoms with Gasteiger partial charge in [-0.1, -0.05) is 37.6 Å². The fourth-order valence-corrected chi connectivity index (χ4v) is 3.27. The van der Waals surface area contributed by atoms with Gasteiger partial charge < -0.3 is 5.11 Å². The summed E-state index contributed by atoms with van der Waals surface area (Å²) >= 11 is 0. The Labute approximate surface area is 117 Å². The van der Waals surface area contributed by atoms with Gasteiger partial charge in [-0.3, -0.25) is 4.79 Å². The largest absolute Gasteiger partial charge is 0.481 e. The molecule has 0 bridgehead atoms. The minimum absolute atomic E-state index is 0.172. The van der Waals surface area contributed by atoms with Crippen LogP contribution >= 0.6 is 0 Å². The van der Waals surface area contributed by atoms with Gasteiger partial charge in [-0.2, -0.15) is 0 Å². The highest BCUT2D eigenvalue weighted by molar-refractivity contribution is 5.72. The molecule has 0 amide bonds. The summed E-state index contributed by atoms with van der Waals surface area (Å²) in [7, 11) is 0. The summed E-state index contributed by atoms with van der Waals surface area (Å²) in [4.78, 5) is 11.7. The number of hydrogen-bond acceptors (Lipinski definition) is 1. The first-order chi connectivity index (χ1) is 8.87. The fourth-order valence-electron chi connectivity index (χ4n) is 3.27. The highest BCUT2D eigenvalue weighted by Gasteiger charge is 2.40. The number of carbonyl (C=O) groups is 1. The van der Waals surface area contributed by atoms with Crippen molar-refractivity contribution >= 4 is 5.97 Å². The summed E-state index contributed by atoms with van der Waals surface area (Å²) in [6.07, 6.45) is 11.6. The van der Waals surface area contributed by atoms with Crippen molar-refractivity contribution in [3.05, 3.63) is 23.8 Å². The summed E-state index contributed by atoms with van der Waals surface area (Å²) in [5.41, 5.74) is 1.14. The van der Waals surface area contributed by atoms with Crippen LogP contribution in [0, 0.1) is 17.3 Å². The van der Waals surface area contributed by atoms with E-state index in [4.69, 9.17) is 0 Å². The molecule has 0 aromatic carbocycles. The molecule has 1 aliphatic carbocycles. The molecule has 108 valence electrons. The van der Waals surface area contributed by atoms with Gasteiger partial charge in [-0.05, 0) is 57.3 Å². The predicted molar refractivity (Wildman–Crippen MR) is 80.1 cm³/mol. The molecule has 2 heteroatoms. The van der Waals surface area contributed by atoms with Crippen molar-refractivity contribution in [3.63, 3.8) is 0 Å². The Morgan fingerprint density at radius 3 is 2.63 bits per heavy atom. The number of carboxylic acids is 1. The molecule has 0 saturated heterocycles. The number of rotatable bonds is 6. The average Bonchev–Trinajstić information content (AvgIpc) is 2.28. The SMILES string of the molecule is CC(C)=CCC[C@@H](C)[C@@H](C(=O)O)[C@]1(C)C=CCCC1. The van der Waals surface area contributed by atoms with Crippen molar-refractivity contribution in [2.24, 2.45) is 17.3 Å². The second-order valence-electron chi connectivity index (χ2n) is 6.45.